The number of hydrogen-bond donors (Lipinski definition) is 3. The number of amidine groups is 1. The van der Waals surface area contributed by atoms with Crippen molar-refractivity contribution in [3.8, 4) is 17.2 Å². The van der Waals surface area contributed by atoms with E-state index >= 15 is 0 Å². The Balaban J connectivity index is 2.32. The Labute approximate surface area is 193 Å². The van der Waals surface area contributed by atoms with Gasteiger partial charge >= 0.3 is 0 Å². The van der Waals surface area contributed by atoms with Crippen LogP contribution in [-0.2, 0) is 0 Å². The predicted molar refractivity (Wildman–Crippen MR) is 127 cm³/mol. The van der Waals surface area contributed by atoms with E-state index in [1.165, 1.54) is 18.2 Å². The first-order valence-corrected chi connectivity index (χ1v) is 10.5. The zero-order valence-electron chi connectivity index (χ0n) is 19.2. The maximum Gasteiger partial charge on any atom is 0.279 e. The van der Waals surface area contributed by atoms with Crippen molar-refractivity contribution < 1.29 is 24.2 Å². The normalized spacial score (nSPS) is 12.3. The SMILES string of the molecule is CCN(C)C(=O)c1ccc(Oc2cc(OC(C)CO)cc(C(=O)N=C(N)/C=C\NC)c2)cc1. The fourth-order valence-corrected chi connectivity index (χ4v) is 2.65. The monoisotopic (exact) mass is 454 g/mol. The largest absolute Gasteiger partial charge is 0.488 e. The van der Waals surface area contributed by atoms with Crippen LogP contribution in [-0.4, -0.2) is 61.0 Å². The van der Waals surface area contributed by atoms with Gasteiger partial charge in [-0.1, -0.05) is 0 Å². The number of nitrogens with two attached hydrogens (primary N) is 1. The quantitative estimate of drug-likeness (QED) is 0.372. The van der Waals surface area contributed by atoms with E-state index in [9.17, 15) is 14.7 Å². The average molecular weight is 455 g/mol. The molecule has 0 aliphatic heterocycles. The summed E-state index contributed by atoms with van der Waals surface area (Å²) in [6, 6.07) is 11.3. The molecular weight excluding hydrogens is 424 g/mol. The maximum atomic E-state index is 12.6. The van der Waals surface area contributed by atoms with Gasteiger partial charge in [-0.05, 0) is 62.5 Å². The van der Waals surface area contributed by atoms with Crippen molar-refractivity contribution >= 4 is 17.6 Å². The van der Waals surface area contributed by atoms with Crippen molar-refractivity contribution in [2.75, 3.05) is 27.2 Å². The number of carbonyl (C=O) groups excluding carboxylic acids is 2. The zero-order chi connectivity index (χ0) is 24.4. The van der Waals surface area contributed by atoms with Crippen molar-refractivity contribution in [2.24, 2.45) is 10.7 Å². The summed E-state index contributed by atoms with van der Waals surface area (Å²) in [5, 5.41) is 12.1. The first-order valence-electron chi connectivity index (χ1n) is 10.5. The molecule has 0 radical (unpaired) electrons. The summed E-state index contributed by atoms with van der Waals surface area (Å²) in [4.78, 5) is 30.4. The zero-order valence-corrected chi connectivity index (χ0v) is 19.2. The number of aliphatic hydroxyl groups is 1. The lowest BCUT2D eigenvalue weighted by Crippen LogP contribution is -2.26. The standard InChI is InChI=1S/C24H30N4O5/c1-5-28(4)24(31)17-6-8-19(9-7-17)33-21-13-18(12-20(14-21)32-16(2)15-29)23(30)27-22(25)10-11-26-3/h6-14,16,26,29H,5,15H2,1-4H3,(H2,25,27,30)/b11-10-. The topological polar surface area (TPSA) is 126 Å². The molecule has 33 heavy (non-hydrogen) atoms. The molecule has 0 aromatic heterocycles. The summed E-state index contributed by atoms with van der Waals surface area (Å²) < 4.78 is 11.5. The number of aliphatic hydroxyl groups excluding tert-OH is 1. The van der Waals surface area contributed by atoms with Gasteiger partial charge in [-0.3, -0.25) is 9.59 Å². The van der Waals surface area contributed by atoms with E-state index in [1.807, 2.05) is 6.92 Å². The third-order valence-corrected chi connectivity index (χ3v) is 4.53. The summed E-state index contributed by atoms with van der Waals surface area (Å²) in [6.45, 7) is 3.99. The summed E-state index contributed by atoms with van der Waals surface area (Å²) >= 11 is 0. The lowest BCUT2D eigenvalue weighted by molar-refractivity contribution is 0.0802. The van der Waals surface area contributed by atoms with Crippen LogP contribution in [0.2, 0.25) is 0 Å². The van der Waals surface area contributed by atoms with Gasteiger partial charge in [0.2, 0.25) is 0 Å². The Morgan fingerprint density at radius 2 is 1.82 bits per heavy atom. The fraction of sp³-hybridized carbons (Fsp3) is 0.292. The lowest BCUT2D eigenvalue weighted by Gasteiger charge is -2.16. The molecule has 0 bridgehead atoms. The molecule has 2 aromatic carbocycles. The third kappa shape index (κ3) is 7.65. The van der Waals surface area contributed by atoms with Gasteiger partial charge < -0.3 is 30.5 Å². The predicted octanol–water partition coefficient (Wildman–Crippen LogP) is 2.56. The minimum atomic E-state index is -0.580. The first kappa shape index (κ1) is 25.4. The minimum Gasteiger partial charge on any atom is -0.488 e. The van der Waals surface area contributed by atoms with Gasteiger partial charge in [0, 0.05) is 37.8 Å². The van der Waals surface area contributed by atoms with E-state index in [1.54, 1.807) is 62.5 Å². The Morgan fingerprint density at radius 3 is 2.42 bits per heavy atom. The van der Waals surface area contributed by atoms with Crippen LogP contribution < -0.4 is 20.5 Å². The molecular formula is C24H30N4O5. The fourth-order valence-electron chi connectivity index (χ4n) is 2.65. The molecule has 0 aliphatic rings. The Bertz CT molecular complexity index is 1020. The number of carbonyl (C=O) groups is 2. The number of nitrogens with zero attached hydrogens (tertiary/aromatic N) is 2. The minimum absolute atomic E-state index is 0.0316. The van der Waals surface area contributed by atoms with Crippen molar-refractivity contribution in [1.82, 2.24) is 10.2 Å². The van der Waals surface area contributed by atoms with E-state index in [0.717, 1.165) is 0 Å². The van der Waals surface area contributed by atoms with E-state index in [-0.39, 0.29) is 23.9 Å². The van der Waals surface area contributed by atoms with Crippen LogP contribution in [0.15, 0.2) is 59.7 Å². The number of aliphatic imine (C=N–C) groups is 1. The van der Waals surface area contributed by atoms with Crippen LogP contribution in [0.3, 0.4) is 0 Å². The molecule has 4 N–H and O–H groups in total. The number of hydrogen-bond acceptors (Lipinski definition) is 6. The maximum absolute atomic E-state index is 12.6. The second-order valence-electron chi connectivity index (χ2n) is 7.21. The number of nitrogens with one attached hydrogen (secondary N) is 1. The van der Waals surface area contributed by atoms with Crippen LogP contribution in [0.1, 0.15) is 34.6 Å². The lowest BCUT2D eigenvalue weighted by atomic mass is 10.1. The van der Waals surface area contributed by atoms with Crippen LogP contribution in [0.5, 0.6) is 17.2 Å². The van der Waals surface area contributed by atoms with Gasteiger partial charge in [-0.2, -0.15) is 4.99 Å². The van der Waals surface area contributed by atoms with E-state index in [4.69, 9.17) is 15.2 Å². The molecule has 1 atom stereocenters. The second kappa shape index (κ2) is 12.3. The van der Waals surface area contributed by atoms with Gasteiger partial charge in [0.15, 0.2) is 0 Å². The molecule has 9 nitrogen and oxygen atoms in total. The summed E-state index contributed by atoms with van der Waals surface area (Å²) in [5.74, 6) is 0.482. The average Bonchev–Trinajstić information content (AvgIpc) is 2.81. The van der Waals surface area contributed by atoms with Gasteiger partial charge in [0.25, 0.3) is 11.8 Å². The first-order chi connectivity index (χ1) is 15.8. The molecule has 9 heteroatoms. The molecule has 0 spiro atoms. The molecule has 176 valence electrons. The van der Waals surface area contributed by atoms with Crippen LogP contribution >= 0.6 is 0 Å². The smallest absolute Gasteiger partial charge is 0.279 e. The highest BCUT2D eigenvalue weighted by molar-refractivity contribution is 6.06. The molecule has 0 fully saturated rings. The molecule has 2 amide bonds. The molecule has 0 saturated heterocycles. The van der Waals surface area contributed by atoms with Gasteiger partial charge in [-0.15, -0.1) is 0 Å². The highest BCUT2D eigenvalue weighted by atomic mass is 16.5. The molecule has 1 unspecified atom stereocenters. The van der Waals surface area contributed by atoms with Crippen LogP contribution in [0, 0.1) is 0 Å². The second-order valence-corrected chi connectivity index (χ2v) is 7.21. The van der Waals surface area contributed by atoms with Gasteiger partial charge in [-0.25, -0.2) is 0 Å². The van der Waals surface area contributed by atoms with Crippen molar-refractivity contribution in [3.63, 3.8) is 0 Å². The molecule has 2 rings (SSSR count). The number of benzene rings is 2. The molecule has 0 heterocycles. The van der Waals surface area contributed by atoms with Crippen molar-refractivity contribution in [3.05, 3.63) is 65.9 Å². The van der Waals surface area contributed by atoms with Gasteiger partial charge in [0.05, 0.1) is 6.61 Å². The van der Waals surface area contributed by atoms with Crippen LogP contribution in [0.25, 0.3) is 0 Å². The van der Waals surface area contributed by atoms with E-state index in [0.29, 0.717) is 29.4 Å². The van der Waals surface area contributed by atoms with Gasteiger partial charge in [0.1, 0.15) is 29.2 Å². The Morgan fingerprint density at radius 1 is 1.15 bits per heavy atom. The summed E-state index contributed by atoms with van der Waals surface area (Å²) in [6.07, 6.45) is 2.52. The molecule has 0 saturated carbocycles. The highest BCUT2D eigenvalue weighted by Crippen LogP contribution is 2.29. The molecule has 0 aliphatic carbocycles. The number of ether oxygens (including phenoxy) is 2. The Hall–Kier alpha value is -3.85. The summed E-state index contributed by atoms with van der Waals surface area (Å²) in [7, 11) is 3.43. The Kier molecular flexibility index (Phi) is 9.44. The summed E-state index contributed by atoms with van der Waals surface area (Å²) in [5.41, 5.74) is 6.48. The van der Waals surface area contributed by atoms with E-state index < -0.39 is 12.0 Å². The highest BCUT2D eigenvalue weighted by Gasteiger charge is 2.14. The number of rotatable bonds is 10. The third-order valence-electron chi connectivity index (χ3n) is 4.53. The van der Waals surface area contributed by atoms with Crippen molar-refractivity contribution in [1.29, 1.82) is 0 Å². The van der Waals surface area contributed by atoms with Crippen LogP contribution in [0.4, 0.5) is 0 Å². The number of amides is 2. The van der Waals surface area contributed by atoms with Crippen molar-refractivity contribution in [2.45, 2.75) is 20.0 Å². The molecule has 2 aromatic rings. The van der Waals surface area contributed by atoms with E-state index in [2.05, 4.69) is 10.3 Å².